The molecule has 2 atom stereocenters. The Kier molecular flexibility index (Phi) is 3.38. The van der Waals surface area contributed by atoms with E-state index in [0.29, 0.717) is 5.92 Å². The van der Waals surface area contributed by atoms with Gasteiger partial charge in [0.2, 0.25) is 0 Å². The Labute approximate surface area is 73.2 Å². The number of hydrogen-bond donors (Lipinski definition) is 2. The largest absolute Gasteiger partial charge is 0.465 e. The summed E-state index contributed by atoms with van der Waals surface area (Å²) in [7, 11) is 0. The van der Waals surface area contributed by atoms with Crippen molar-refractivity contribution in [3.05, 3.63) is 0 Å². The number of carbonyl (C=O) groups is 1. The summed E-state index contributed by atoms with van der Waals surface area (Å²) in [6.07, 6.45) is 4.80. The first-order chi connectivity index (χ1) is 5.68. The standard InChI is InChI=1S/C9H17NO2/c1-7-4-2-3-5-8(6-7)10-9(11)12/h7-8,10H,2-6H2,1H3,(H,11,12). The first-order valence-electron chi connectivity index (χ1n) is 4.68. The summed E-state index contributed by atoms with van der Waals surface area (Å²) in [5.74, 6) is 0.671. The summed E-state index contributed by atoms with van der Waals surface area (Å²) in [6.45, 7) is 2.20. The van der Waals surface area contributed by atoms with Crippen LogP contribution < -0.4 is 5.32 Å². The van der Waals surface area contributed by atoms with Gasteiger partial charge < -0.3 is 10.4 Å². The maximum atomic E-state index is 10.4. The van der Waals surface area contributed by atoms with Gasteiger partial charge in [0.15, 0.2) is 0 Å². The van der Waals surface area contributed by atoms with Crippen LogP contribution in [0.15, 0.2) is 0 Å². The molecule has 0 heterocycles. The Balaban J connectivity index is 2.35. The SMILES string of the molecule is CC1CCCCC(NC(=O)O)C1. The van der Waals surface area contributed by atoms with Gasteiger partial charge in [0.1, 0.15) is 0 Å². The Morgan fingerprint density at radius 1 is 1.42 bits per heavy atom. The van der Waals surface area contributed by atoms with Gasteiger partial charge in [-0.05, 0) is 18.8 Å². The van der Waals surface area contributed by atoms with Gasteiger partial charge in [-0.3, -0.25) is 0 Å². The molecule has 1 aliphatic rings. The third-order valence-electron chi connectivity index (χ3n) is 2.51. The van der Waals surface area contributed by atoms with Gasteiger partial charge in [0.05, 0.1) is 0 Å². The van der Waals surface area contributed by atoms with Crippen LogP contribution in [0.25, 0.3) is 0 Å². The second-order valence-corrected chi connectivity index (χ2v) is 3.77. The third-order valence-corrected chi connectivity index (χ3v) is 2.51. The highest BCUT2D eigenvalue weighted by Crippen LogP contribution is 2.22. The van der Waals surface area contributed by atoms with Gasteiger partial charge in [-0.1, -0.05) is 26.2 Å². The summed E-state index contributed by atoms with van der Waals surface area (Å²) >= 11 is 0. The van der Waals surface area contributed by atoms with Crippen LogP contribution in [0.3, 0.4) is 0 Å². The topological polar surface area (TPSA) is 49.3 Å². The normalized spacial score (nSPS) is 30.8. The van der Waals surface area contributed by atoms with E-state index in [1.165, 1.54) is 12.8 Å². The number of hydrogen-bond acceptors (Lipinski definition) is 1. The number of amides is 1. The van der Waals surface area contributed by atoms with Crippen molar-refractivity contribution in [3.63, 3.8) is 0 Å². The fourth-order valence-corrected chi connectivity index (χ4v) is 1.91. The molecule has 1 fully saturated rings. The molecular formula is C9H17NO2. The van der Waals surface area contributed by atoms with Crippen molar-refractivity contribution >= 4 is 6.09 Å². The molecule has 2 N–H and O–H groups in total. The van der Waals surface area contributed by atoms with Crippen LogP contribution in [0.5, 0.6) is 0 Å². The molecule has 0 saturated heterocycles. The molecular weight excluding hydrogens is 154 g/mol. The van der Waals surface area contributed by atoms with Gasteiger partial charge in [0.25, 0.3) is 0 Å². The van der Waals surface area contributed by atoms with Gasteiger partial charge >= 0.3 is 6.09 Å². The molecule has 1 saturated carbocycles. The molecule has 0 bridgehead atoms. The summed E-state index contributed by atoms with van der Waals surface area (Å²) < 4.78 is 0. The van der Waals surface area contributed by atoms with Crippen LogP contribution in [-0.2, 0) is 0 Å². The molecule has 0 aromatic heterocycles. The smallest absolute Gasteiger partial charge is 0.404 e. The highest BCUT2D eigenvalue weighted by molar-refractivity contribution is 5.64. The van der Waals surface area contributed by atoms with E-state index in [9.17, 15) is 4.79 Å². The Morgan fingerprint density at radius 2 is 2.08 bits per heavy atom. The summed E-state index contributed by atoms with van der Waals surface area (Å²) in [6, 6.07) is 0.194. The zero-order valence-electron chi connectivity index (χ0n) is 7.55. The Hall–Kier alpha value is -0.730. The second-order valence-electron chi connectivity index (χ2n) is 3.77. The van der Waals surface area contributed by atoms with Crippen molar-refractivity contribution in [2.24, 2.45) is 5.92 Å². The summed E-state index contributed by atoms with van der Waals surface area (Å²) in [5, 5.41) is 11.1. The lowest BCUT2D eigenvalue weighted by atomic mass is 10.0. The minimum absolute atomic E-state index is 0.194. The van der Waals surface area contributed by atoms with Crippen molar-refractivity contribution in [2.75, 3.05) is 0 Å². The highest BCUT2D eigenvalue weighted by atomic mass is 16.4. The van der Waals surface area contributed by atoms with Gasteiger partial charge in [-0.25, -0.2) is 4.79 Å². The average Bonchev–Trinajstić information content (AvgIpc) is 2.12. The van der Waals surface area contributed by atoms with E-state index in [0.717, 1.165) is 19.3 Å². The molecule has 1 rings (SSSR count). The molecule has 0 spiro atoms. The van der Waals surface area contributed by atoms with Crippen LogP contribution in [0.2, 0.25) is 0 Å². The molecule has 0 aromatic carbocycles. The third kappa shape index (κ3) is 3.11. The fraction of sp³-hybridized carbons (Fsp3) is 0.889. The number of carboxylic acid groups (broad SMARTS) is 1. The van der Waals surface area contributed by atoms with E-state index in [1.807, 2.05) is 0 Å². The lowest BCUT2D eigenvalue weighted by Gasteiger charge is -2.16. The predicted molar refractivity (Wildman–Crippen MR) is 47.2 cm³/mol. The second kappa shape index (κ2) is 4.33. The van der Waals surface area contributed by atoms with Crippen LogP contribution in [-0.4, -0.2) is 17.2 Å². The van der Waals surface area contributed by atoms with Crippen LogP contribution in [0, 0.1) is 5.92 Å². The van der Waals surface area contributed by atoms with Gasteiger partial charge in [-0.2, -0.15) is 0 Å². The highest BCUT2D eigenvalue weighted by Gasteiger charge is 2.17. The maximum absolute atomic E-state index is 10.4. The average molecular weight is 171 g/mol. The van der Waals surface area contributed by atoms with E-state index in [1.54, 1.807) is 0 Å². The molecule has 0 aliphatic heterocycles. The fourth-order valence-electron chi connectivity index (χ4n) is 1.91. The number of nitrogens with one attached hydrogen (secondary N) is 1. The maximum Gasteiger partial charge on any atom is 0.404 e. The van der Waals surface area contributed by atoms with E-state index >= 15 is 0 Å². The first kappa shape index (κ1) is 9.36. The molecule has 3 nitrogen and oxygen atoms in total. The van der Waals surface area contributed by atoms with E-state index < -0.39 is 6.09 Å². The van der Waals surface area contributed by atoms with Crippen molar-refractivity contribution in [1.29, 1.82) is 0 Å². The predicted octanol–water partition coefficient (Wildman–Crippen LogP) is 2.22. The minimum Gasteiger partial charge on any atom is -0.465 e. The molecule has 2 unspecified atom stereocenters. The van der Waals surface area contributed by atoms with Crippen molar-refractivity contribution in [2.45, 2.75) is 45.1 Å². The zero-order valence-corrected chi connectivity index (χ0v) is 7.55. The molecule has 1 amide bonds. The van der Waals surface area contributed by atoms with Crippen molar-refractivity contribution in [3.8, 4) is 0 Å². The van der Waals surface area contributed by atoms with E-state index in [-0.39, 0.29) is 6.04 Å². The zero-order chi connectivity index (χ0) is 8.97. The van der Waals surface area contributed by atoms with Crippen molar-refractivity contribution < 1.29 is 9.90 Å². The molecule has 1 aliphatic carbocycles. The Morgan fingerprint density at radius 3 is 2.75 bits per heavy atom. The van der Waals surface area contributed by atoms with Crippen LogP contribution >= 0.6 is 0 Å². The van der Waals surface area contributed by atoms with Crippen molar-refractivity contribution in [1.82, 2.24) is 5.32 Å². The van der Waals surface area contributed by atoms with Crippen LogP contribution in [0.4, 0.5) is 4.79 Å². The van der Waals surface area contributed by atoms with E-state index in [2.05, 4.69) is 12.2 Å². The monoisotopic (exact) mass is 171 g/mol. The molecule has 0 radical (unpaired) electrons. The molecule has 12 heavy (non-hydrogen) atoms. The summed E-state index contributed by atoms with van der Waals surface area (Å²) in [5.41, 5.74) is 0. The quantitative estimate of drug-likeness (QED) is 0.594. The molecule has 3 heteroatoms. The minimum atomic E-state index is -0.880. The number of rotatable bonds is 1. The van der Waals surface area contributed by atoms with Crippen LogP contribution in [0.1, 0.15) is 39.0 Å². The van der Waals surface area contributed by atoms with Gasteiger partial charge in [0, 0.05) is 6.04 Å². The Bertz CT molecular complexity index is 159. The summed E-state index contributed by atoms with van der Waals surface area (Å²) in [4.78, 5) is 10.4. The lowest BCUT2D eigenvalue weighted by Crippen LogP contribution is -2.34. The lowest BCUT2D eigenvalue weighted by molar-refractivity contribution is 0.187. The molecule has 70 valence electrons. The van der Waals surface area contributed by atoms with Gasteiger partial charge in [-0.15, -0.1) is 0 Å². The van der Waals surface area contributed by atoms with E-state index in [4.69, 9.17) is 5.11 Å². The first-order valence-corrected chi connectivity index (χ1v) is 4.68. The molecule has 0 aromatic rings.